The van der Waals surface area contributed by atoms with Crippen LogP contribution in [0.2, 0.25) is 0 Å². The molecular weight excluding hydrogens is 503 g/mol. The van der Waals surface area contributed by atoms with Gasteiger partial charge in [0.1, 0.15) is 11.9 Å². The predicted molar refractivity (Wildman–Crippen MR) is 158 cm³/mol. The minimum Gasteiger partial charge on any atom is -0.385 e. The quantitative estimate of drug-likeness (QED) is 0.272. The summed E-state index contributed by atoms with van der Waals surface area (Å²) >= 11 is 0. The van der Waals surface area contributed by atoms with Gasteiger partial charge in [0, 0.05) is 69.8 Å². The highest BCUT2D eigenvalue weighted by atomic mass is 19.1. The van der Waals surface area contributed by atoms with E-state index in [1.165, 1.54) is 11.6 Å². The van der Waals surface area contributed by atoms with Gasteiger partial charge in [-0.3, -0.25) is 4.79 Å². The number of amides is 1. The fraction of sp³-hybridized carbons (Fsp3) is 0.364. The minimum atomic E-state index is -0.284. The molecule has 0 radical (unpaired) electrons. The number of aryl methyl sites for hydroxylation is 1. The molecule has 7 heteroatoms. The smallest absolute Gasteiger partial charge is 0.247 e. The Morgan fingerprint density at radius 2 is 1.88 bits per heavy atom. The minimum absolute atomic E-state index is 0.155. The van der Waals surface area contributed by atoms with Crippen LogP contribution in [-0.2, 0) is 22.6 Å². The third kappa shape index (κ3) is 5.62. The Labute approximate surface area is 235 Å². The number of nitrogens with zero attached hydrogens (tertiary/aromatic N) is 3. The van der Waals surface area contributed by atoms with Gasteiger partial charge in [0.05, 0.1) is 5.52 Å². The van der Waals surface area contributed by atoms with E-state index in [0.29, 0.717) is 19.7 Å². The maximum atomic E-state index is 14.3. The molecule has 6 rings (SSSR count). The number of piperazine rings is 1. The molecule has 4 aromatic rings. The van der Waals surface area contributed by atoms with Gasteiger partial charge in [-0.1, -0.05) is 42.5 Å². The lowest BCUT2D eigenvalue weighted by molar-refractivity contribution is -0.134. The molecule has 1 aromatic heterocycles. The molecule has 1 saturated carbocycles. The van der Waals surface area contributed by atoms with E-state index < -0.39 is 0 Å². The average Bonchev–Trinajstić information content (AvgIpc) is 3.79. The normalized spacial score (nSPS) is 17.4. The third-order valence-electron chi connectivity index (χ3n) is 8.10. The molecule has 0 bridgehead atoms. The Balaban J connectivity index is 1.28. The number of aromatic nitrogens is 1. The highest BCUT2D eigenvalue weighted by Gasteiger charge is 2.39. The lowest BCUT2D eigenvalue weighted by Gasteiger charge is -2.40. The molecule has 6 nitrogen and oxygen atoms in total. The van der Waals surface area contributed by atoms with Crippen LogP contribution in [0.4, 0.5) is 10.1 Å². The van der Waals surface area contributed by atoms with E-state index in [1.807, 2.05) is 12.1 Å². The maximum Gasteiger partial charge on any atom is 0.247 e. The number of nitrogens with one attached hydrogen (secondary N) is 1. The zero-order valence-electron chi connectivity index (χ0n) is 23.1. The van der Waals surface area contributed by atoms with Gasteiger partial charge < -0.3 is 24.4 Å². The number of fused-ring (bicyclic) bond motifs is 1. The van der Waals surface area contributed by atoms with Gasteiger partial charge in [-0.05, 0) is 66.3 Å². The van der Waals surface area contributed by atoms with Crippen molar-refractivity contribution in [1.82, 2.24) is 14.8 Å². The second kappa shape index (κ2) is 11.8. The van der Waals surface area contributed by atoms with Gasteiger partial charge in [-0.15, -0.1) is 0 Å². The molecular formula is C33H37FN4O2. The highest BCUT2D eigenvalue weighted by Crippen LogP contribution is 2.33. The Hall–Kier alpha value is -3.68. The molecule has 3 aromatic carbocycles. The average molecular weight is 541 g/mol. The number of ether oxygens (including phenoxy) is 1. The van der Waals surface area contributed by atoms with Crippen LogP contribution in [0, 0.1) is 5.82 Å². The SMILES string of the molecule is COCCCn1cc(CN(C(=O)C2CNCCN2c2cccc(-c3ccccc3)c2)C2CC2)c2ccc(F)cc21. The lowest BCUT2D eigenvalue weighted by atomic mass is 10.0. The van der Waals surface area contributed by atoms with Crippen molar-refractivity contribution < 1.29 is 13.9 Å². The van der Waals surface area contributed by atoms with Crippen molar-refractivity contribution in [3.8, 4) is 11.1 Å². The molecule has 1 aliphatic carbocycles. The topological polar surface area (TPSA) is 49.7 Å². The van der Waals surface area contributed by atoms with Gasteiger partial charge in [-0.25, -0.2) is 4.39 Å². The fourth-order valence-corrected chi connectivity index (χ4v) is 5.91. The zero-order valence-corrected chi connectivity index (χ0v) is 23.1. The van der Waals surface area contributed by atoms with Crippen LogP contribution in [0.25, 0.3) is 22.0 Å². The van der Waals surface area contributed by atoms with Gasteiger partial charge in [0.2, 0.25) is 5.91 Å². The van der Waals surface area contributed by atoms with Crippen molar-refractivity contribution in [3.05, 3.63) is 90.4 Å². The van der Waals surface area contributed by atoms with E-state index in [0.717, 1.165) is 66.6 Å². The van der Waals surface area contributed by atoms with Crippen molar-refractivity contribution in [3.63, 3.8) is 0 Å². The molecule has 208 valence electrons. The maximum absolute atomic E-state index is 14.3. The van der Waals surface area contributed by atoms with Crippen LogP contribution in [0.15, 0.2) is 79.0 Å². The molecule has 2 heterocycles. The first kappa shape index (κ1) is 26.5. The second-order valence-electron chi connectivity index (χ2n) is 10.9. The zero-order chi connectivity index (χ0) is 27.5. The van der Waals surface area contributed by atoms with Crippen LogP contribution in [0.3, 0.4) is 0 Å². The van der Waals surface area contributed by atoms with Gasteiger partial charge in [-0.2, -0.15) is 0 Å². The van der Waals surface area contributed by atoms with Crippen LogP contribution < -0.4 is 10.2 Å². The van der Waals surface area contributed by atoms with Crippen LogP contribution in [-0.4, -0.2) is 60.8 Å². The summed E-state index contributed by atoms with van der Waals surface area (Å²) in [6.45, 7) is 4.13. The number of anilines is 1. The van der Waals surface area contributed by atoms with E-state index in [1.54, 1.807) is 13.2 Å². The summed E-state index contributed by atoms with van der Waals surface area (Å²) in [6.07, 6.45) is 4.99. The summed E-state index contributed by atoms with van der Waals surface area (Å²) in [4.78, 5) is 18.6. The number of carbonyl (C=O) groups excluding carboxylic acids is 1. The van der Waals surface area contributed by atoms with Crippen LogP contribution in [0.5, 0.6) is 0 Å². The molecule has 1 saturated heterocycles. The van der Waals surface area contributed by atoms with Gasteiger partial charge in [0.25, 0.3) is 0 Å². The fourth-order valence-electron chi connectivity index (χ4n) is 5.91. The Morgan fingerprint density at radius 1 is 1.05 bits per heavy atom. The van der Waals surface area contributed by atoms with Crippen LogP contribution >= 0.6 is 0 Å². The summed E-state index contributed by atoms with van der Waals surface area (Å²) in [5.74, 6) is -0.0934. The molecule has 2 fully saturated rings. The van der Waals surface area contributed by atoms with Gasteiger partial charge >= 0.3 is 0 Å². The van der Waals surface area contributed by atoms with Crippen molar-refractivity contribution in [2.75, 3.05) is 38.3 Å². The standard InChI is InChI=1S/C33H37FN4O2/c1-40-18-6-16-36-22-26(30-14-11-27(34)20-31(30)36)23-38(28-12-13-28)33(39)32-21-35-15-17-37(32)29-10-5-9-25(19-29)24-7-3-2-4-8-24/h2-5,7-11,14,19-20,22,28,32,35H,6,12-13,15-18,21,23H2,1H3. The van der Waals surface area contributed by atoms with E-state index in [-0.39, 0.29) is 23.8 Å². The monoisotopic (exact) mass is 540 g/mol. The Bertz CT molecular complexity index is 1470. The van der Waals surface area contributed by atoms with E-state index >= 15 is 0 Å². The number of hydrogen-bond acceptors (Lipinski definition) is 4. The summed E-state index contributed by atoms with van der Waals surface area (Å²) in [5.41, 5.74) is 5.32. The number of halogens is 1. The predicted octanol–water partition coefficient (Wildman–Crippen LogP) is 5.45. The Morgan fingerprint density at radius 3 is 2.67 bits per heavy atom. The summed E-state index contributed by atoms with van der Waals surface area (Å²) in [6, 6.07) is 23.8. The summed E-state index contributed by atoms with van der Waals surface area (Å²) < 4.78 is 21.6. The summed E-state index contributed by atoms with van der Waals surface area (Å²) in [5, 5.41) is 4.47. The second-order valence-corrected chi connectivity index (χ2v) is 10.9. The van der Waals surface area contributed by atoms with Crippen molar-refractivity contribution in [2.45, 2.75) is 44.4 Å². The van der Waals surface area contributed by atoms with Crippen LogP contribution in [0.1, 0.15) is 24.8 Å². The van der Waals surface area contributed by atoms with Gasteiger partial charge in [0.15, 0.2) is 0 Å². The van der Waals surface area contributed by atoms with Crippen molar-refractivity contribution >= 4 is 22.5 Å². The number of carbonyl (C=O) groups is 1. The molecule has 2 aliphatic rings. The van der Waals surface area contributed by atoms with E-state index in [4.69, 9.17) is 4.74 Å². The van der Waals surface area contributed by atoms with E-state index in [2.05, 4.69) is 74.4 Å². The first-order valence-electron chi connectivity index (χ1n) is 14.3. The molecule has 1 amide bonds. The molecule has 1 atom stereocenters. The largest absolute Gasteiger partial charge is 0.385 e. The van der Waals surface area contributed by atoms with E-state index in [9.17, 15) is 9.18 Å². The number of methoxy groups -OCH3 is 1. The molecule has 1 unspecified atom stereocenters. The van der Waals surface area contributed by atoms with Crippen molar-refractivity contribution in [2.24, 2.45) is 0 Å². The van der Waals surface area contributed by atoms with Crippen molar-refractivity contribution in [1.29, 1.82) is 0 Å². The molecule has 40 heavy (non-hydrogen) atoms. The number of rotatable bonds is 10. The third-order valence-corrected chi connectivity index (χ3v) is 8.10. The first-order chi connectivity index (χ1) is 19.6. The first-order valence-corrected chi connectivity index (χ1v) is 14.3. The molecule has 1 N–H and O–H groups in total. The molecule has 1 aliphatic heterocycles. The Kier molecular flexibility index (Phi) is 7.84. The summed E-state index contributed by atoms with van der Waals surface area (Å²) in [7, 11) is 1.69. The number of hydrogen-bond donors (Lipinski definition) is 1. The lowest BCUT2D eigenvalue weighted by Crippen LogP contribution is -2.59. The highest BCUT2D eigenvalue weighted by molar-refractivity contribution is 5.88. The number of benzene rings is 3. The molecule has 0 spiro atoms.